The average Bonchev–Trinajstić information content (AvgIpc) is 2.53. The van der Waals surface area contributed by atoms with E-state index in [4.69, 9.17) is 0 Å². The first-order chi connectivity index (χ1) is 9.83. The van der Waals surface area contributed by atoms with E-state index in [2.05, 4.69) is 15.5 Å². The fraction of sp³-hybridized carbons (Fsp3) is 0.562. The Morgan fingerprint density at radius 1 is 1.25 bits per heavy atom. The zero-order chi connectivity index (χ0) is 13.8. The predicted octanol–water partition coefficient (Wildman–Crippen LogP) is 3.16. The maximum absolute atomic E-state index is 11.9. The number of hydrazone groups is 1. The highest BCUT2D eigenvalue weighted by Gasteiger charge is 2.30. The molecular formula is C16H21N3O. The van der Waals surface area contributed by atoms with E-state index in [1.807, 2.05) is 0 Å². The van der Waals surface area contributed by atoms with Gasteiger partial charge in [-0.2, -0.15) is 5.10 Å². The summed E-state index contributed by atoms with van der Waals surface area (Å²) in [4.78, 5) is 15.9. The van der Waals surface area contributed by atoms with Gasteiger partial charge < -0.3 is 0 Å². The van der Waals surface area contributed by atoms with Crippen LogP contribution in [-0.2, 0) is 0 Å². The van der Waals surface area contributed by atoms with Gasteiger partial charge in [-0.3, -0.25) is 9.78 Å². The topological polar surface area (TPSA) is 54.4 Å². The lowest BCUT2D eigenvalue weighted by atomic mass is 9.70. The van der Waals surface area contributed by atoms with Crippen molar-refractivity contribution < 1.29 is 4.79 Å². The first kappa shape index (κ1) is 13.3. The number of nitrogens with zero attached hydrogens (tertiary/aromatic N) is 2. The lowest BCUT2D eigenvalue weighted by Crippen LogP contribution is -2.29. The van der Waals surface area contributed by atoms with Gasteiger partial charge in [0.05, 0.1) is 5.56 Å². The molecule has 0 saturated heterocycles. The molecule has 0 aliphatic heterocycles. The van der Waals surface area contributed by atoms with Gasteiger partial charge in [0.15, 0.2) is 0 Å². The molecule has 0 aromatic carbocycles. The number of amides is 1. The van der Waals surface area contributed by atoms with Crippen LogP contribution in [0.4, 0.5) is 0 Å². The van der Waals surface area contributed by atoms with Crippen molar-refractivity contribution in [1.82, 2.24) is 10.4 Å². The Morgan fingerprint density at radius 2 is 2.10 bits per heavy atom. The van der Waals surface area contributed by atoms with Gasteiger partial charge in [-0.1, -0.05) is 19.3 Å². The molecule has 0 radical (unpaired) electrons. The highest BCUT2D eigenvalue weighted by atomic mass is 16.2. The van der Waals surface area contributed by atoms with Gasteiger partial charge in [0.2, 0.25) is 0 Å². The van der Waals surface area contributed by atoms with Gasteiger partial charge in [0, 0.05) is 18.1 Å². The van der Waals surface area contributed by atoms with E-state index in [9.17, 15) is 4.79 Å². The molecule has 2 saturated carbocycles. The van der Waals surface area contributed by atoms with Crippen molar-refractivity contribution in [2.75, 3.05) is 0 Å². The summed E-state index contributed by atoms with van der Waals surface area (Å²) in [5, 5.41) is 4.34. The van der Waals surface area contributed by atoms with E-state index in [0.717, 1.165) is 30.4 Å². The second-order valence-electron chi connectivity index (χ2n) is 5.91. The van der Waals surface area contributed by atoms with Gasteiger partial charge in [0.1, 0.15) is 0 Å². The number of aromatic nitrogens is 1. The van der Waals surface area contributed by atoms with E-state index in [1.165, 1.54) is 32.1 Å². The second-order valence-corrected chi connectivity index (χ2v) is 5.91. The minimum Gasteiger partial charge on any atom is -0.267 e. The summed E-state index contributed by atoms with van der Waals surface area (Å²) < 4.78 is 0. The van der Waals surface area contributed by atoms with Crippen LogP contribution >= 0.6 is 0 Å². The quantitative estimate of drug-likeness (QED) is 0.840. The number of pyridine rings is 1. The highest BCUT2D eigenvalue weighted by molar-refractivity contribution is 5.95. The number of nitrogens with one attached hydrogen (secondary N) is 1. The normalized spacial score (nSPS) is 27.9. The Morgan fingerprint density at radius 3 is 2.90 bits per heavy atom. The molecule has 1 heterocycles. The van der Waals surface area contributed by atoms with E-state index >= 15 is 0 Å². The van der Waals surface area contributed by atoms with E-state index in [-0.39, 0.29) is 5.91 Å². The molecule has 1 amide bonds. The number of hydrogen-bond donors (Lipinski definition) is 1. The summed E-state index contributed by atoms with van der Waals surface area (Å²) in [5.41, 5.74) is 4.39. The first-order valence-corrected chi connectivity index (χ1v) is 7.59. The molecule has 20 heavy (non-hydrogen) atoms. The molecule has 0 spiro atoms. The van der Waals surface area contributed by atoms with Gasteiger partial charge in [0.25, 0.3) is 5.91 Å². The zero-order valence-electron chi connectivity index (χ0n) is 11.7. The molecule has 1 aromatic rings. The SMILES string of the molecule is O=C(N/N=C1/CC[C@H]2CCCC[C@H]2C1)c1cccnc1. The van der Waals surface area contributed by atoms with E-state index in [0.29, 0.717) is 5.56 Å². The second kappa shape index (κ2) is 6.16. The standard InChI is InChI=1S/C16H21N3O/c20-16(14-6-3-9-17-11-14)19-18-15-8-7-12-4-1-2-5-13(12)10-15/h3,6,9,11-13H,1-2,4-5,7-8,10H2,(H,19,20)/b18-15-/t12-,13+/m1/s1. The minimum absolute atomic E-state index is 0.170. The molecular weight excluding hydrogens is 250 g/mol. The molecule has 2 aliphatic rings. The van der Waals surface area contributed by atoms with Crippen LogP contribution in [0, 0.1) is 11.8 Å². The Balaban J connectivity index is 1.58. The summed E-state index contributed by atoms with van der Waals surface area (Å²) in [6, 6.07) is 3.51. The van der Waals surface area contributed by atoms with Crippen LogP contribution in [0.5, 0.6) is 0 Å². The van der Waals surface area contributed by atoms with Gasteiger partial charge in [-0.25, -0.2) is 5.43 Å². The Bertz CT molecular complexity index is 498. The fourth-order valence-corrected chi connectivity index (χ4v) is 3.48. The maximum atomic E-state index is 11.9. The third-order valence-corrected chi connectivity index (χ3v) is 4.61. The summed E-state index contributed by atoms with van der Waals surface area (Å²) in [6.07, 6.45) is 12.0. The van der Waals surface area contributed by atoms with Crippen LogP contribution in [0.3, 0.4) is 0 Å². The molecule has 0 unspecified atom stereocenters. The number of carbonyl (C=O) groups is 1. The van der Waals surface area contributed by atoms with Crippen molar-refractivity contribution in [3.05, 3.63) is 30.1 Å². The van der Waals surface area contributed by atoms with Gasteiger partial charge >= 0.3 is 0 Å². The summed E-state index contributed by atoms with van der Waals surface area (Å²) in [5.74, 6) is 1.53. The molecule has 4 nitrogen and oxygen atoms in total. The third-order valence-electron chi connectivity index (χ3n) is 4.61. The lowest BCUT2D eigenvalue weighted by molar-refractivity contribution is 0.0953. The third kappa shape index (κ3) is 3.06. The monoisotopic (exact) mass is 271 g/mol. The van der Waals surface area contributed by atoms with Gasteiger partial charge in [-0.15, -0.1) is 0 Å². The van der Waals surface area contributed by atoms with Crippen LogP contribution in [0.25, 0.3) is 0 Å². The van der Waals surface area contributed by atoms with Crippen LogP contribution < -0.4 is 5.43 Å². The molecule has 106 valence electrons. The van der Waals surface area contributed by atoms with Crippen molar-refractivity contribution in [2.24, 2.45) is 16.9 Å². The maximum Gasteiger partial charge on any atom is 0.272 e. The van der Waals surface area contributed by atoms with Crippen LogP contribution in [0.1, 0.15) is 55.3 Å². The molecule has 2 aliphatic carbocycles. The summed E-state index contributed by atoms with van der Waals surface area (Å²) in [6.45, 7) is 0. The predicted molar refractivity (Wildman–Crippen MR) is 78.4 cm³/mol. The average molecular weight is 271 g/mol. The number of rotatable bonds is 2. The van der Waals surface area contributed by atoms with Crippen molar-refractivity contribution >= 4 is 11.6 Å². The van der Waals surface area contributed by atoms with Crippen molar-refractivity contribution in [2.45, 2.75) is 44.9 Å². The molecule has 2 atom stereocenters. The Kier molecular flexibility index (Phi) is 4.09. The summed E-state index contributed by atoms with van der Waals surface area (Å²) >= 11 is 0. The van der Waals surface area contributed by atoms with Crippen LogP contribution in [-0.4, -0.2) is 16.6 Å². The molecule has 1 aromatic heterocycles. The molecule has 4 heteroatoms. The lowest BCUT2D eigenvalue weighted by Gasteiger charge is -2.35. The van der Waals surface area contributed by atoms with Gasteiger partial charge in [-0.05, 0) is 49.7 Å². The first-order valence-electron chi connectivity index (χ1n) is 7.59. The Hall–Kier alpha value is -1.71. The number of carbonyl (C=O) groups excluding carboxylic acids is 1. The molecule has 3 rings (SSSR count). The van der Waals surface area contributed by atoms with Crippen molar-refractivity contribution in [3.63, 3.8) is 0 Å². The highest BCUT2D eigenvalue weighted by Crippen LogP contribution is 2.39. The van der Waals surface area contributed by atoms with E-state index in [1.54, 1.807) is 24.5 Å². The number of fused-ring (bicyclic) bond motifs is 1. The Labute approximate surface area is 119 Å². The smallest absolute Gasteiger partial charge is 0.267 e. The number of hydrogen-bond acceptors (Lipinski definition) is 3. The minimum atomic E-state index is -0.170. The molecule has 1 N–H and O–H groups in total. The van der Waals surface area contributed by atoms with Crippen molar-refractivity contribution in [1.29, 1.82) is 0 Å². The molecule has 0 bridgehead atoms. The van der Waals surface area contributed by atoms with Crippen molar-refractivity contribution in [3.8, 4) is 0 Å². The van der Waals surface area contributed by atoms with Crippen LogP contribution in [0.15, 0.2) is 29.6 Å². The zero-order valence-corrected chi connectivity index (χ0v) is 11.7. The molecule has 2 fully saturated rings. The fourth-order valence-electron chi connectivity index (χ4n) is 3.48. The summed E-state index contributed by atoms with van der Waals surface area (Å²) in [7, 11) is 0. The van der Waals surface area contributed by atoms with E-state index < -0.39 is 0 Å². The van der Waals surface area contributed by atoms with Crippen LogP contribution in [0.2, 0.25) is 0 Å². The largest absolute Gasteiger partial charge is 0.272 e.